The van der Waals surface area contributed by atoms with E-state index in [4.69, 9.17) is 4.74 Å². The second kappa shape index (κ2) is 10.4. The molecule has 0 atom stereocenters. The standard InChI is InChI=1S/C23H15BrN4O6S/c24-19-9-15(3-7-20(19)34-13-14-1-4-17(5-2-14)27(30)31)12-25-26-23(29)22-11-16-10-18(28(32)33)6-8-21(16)35-22/h1-12H,13H2,(H,26,29)/b25-12-. The Labute approximate surface area is 210 Å². The van der Waals surface area contributed by atoms with Crippen molar-refractivity contribution in [2.24, 2.45) is 5.10 Å². The van der Waals surface area contributed by atoms with Crippen molar-refractivity contribution in [3.05, 3.63) is 107 Å². The number of amides is 1. The number of fused-ring (bicyclic) bond motifs is 1. The average Bonchev–Trinajstić information content (AvgIpc) is 3.27. The van der Waals surface area contributed by atoms with E-state index in [2.05, 4.69) is 26.5 Å². The molecule has 176 valence electrons. The zero-order valence-corrected chi connectivity index (χ0v) is 20.1. The highest BCUT2D eigenvalue weighted by Crippen LogP contribution is 2.29. The first-order valence-corrected chi connectivity index (χ1v) is 11.6. The number of carbonyl (C=O) groups is 1. The number of thiophene rings is 1. The third kappa shape index (κ3) is 5.86. The van der Waals surface area contributed by atoms with Gasteiger partial charge in [0.2, 0.25) is 0 Å². The van der Waals surface area contributed by atoms with E-state index < -0.39 is 15.8 Å². The Balaban J connectivity index is 1.35. The minimum Gasteiger partial charge on any atom is -0.488 e. The number of non-ortho nitro benzene ring substituents is 2. The largest absolute Gasteiger partial charge is 0.488 e. The topological polar surface area (TPSA) is 137 Å². The molecule has 35 heavy (non-hydrogen) atoms. The summed E-state index contributed by atoms with van der Waals surface area (Å²) in [6.07, 6.45) is 1.47. The number of ether oxygens (including phenoxy) is 1. The fourth-order valence-electron chi connectivity index (χ4n) is 3.07. The minimum atomic E-state index is -0.481. The predicted octanol–water partition coefficient (Wildman–Crippen LogP) is 5.82. The molecule has 3 aromatic carbocycles. The van der Waals surface area contributed by atoms with Gasteiger partial charge < -0.3 is 4.74 Å². The Morgan fingerprint density at radius 2 is 1.71 bits per heavy atom. The lowest BCUT2D eigenvalue weighted by Crippen LogP contribution is -2.16. The third-order valence-electron chi connectivity index (χ3n) is 4.81. The summed E-state index contributed by atoms with van der Waals surface area (Å²) in [4.78, 5) is 33.5. The fraction of sp³-hybridized carbons (Fsp3) is 0.0435. The van der Waals surface area contributed by atoms with Gasteiger partial charge in [-0.3, -0.25) is 25.0 Å². The number of hydrogen-bond donors (Lipinski definition) is 1. The summed E-state index contributed by atoms with van der Waals surface area (Å²) in [5, 5.41) is 26.2. The molecule has 0 saturated heterocycles. The van der Waals surface area contributed by atoms with Crippen LogP contribution in [-0.4, -0.2) is 22.0 Å². The van der Waals surface area contributed by atoms with Gasteiger partial charge in [-0.15, -0.1) is 11.3 Å². The number of halogens is 1. The maximum Gasteiger partial charge on any atom is 0.281 e. The van der Waals surface area contributed by atoms with Gasteiger partial charge in [0.25, 0.3) is 17.3 Å². The van der Waals surface area contributed by atoms with E-state index in [1.807, 2.05) is 0 Å². The molecule has 0 spiro atoms. The van der Waals surface area contributed by atoms with Crippen LogP contribution in [0.4, 0.5) is 11.4 Å². The van der Waals surface area contributed by atoms with Gasteiger partial charge in [-0.05, 0) is 69.5 Å². The molecule has 1 amide bonds. The summed E-state index contributed by atoms with van der Waals surface area (Å²) in [5.74, 6) is 0.149. The molecule has 0 aliphatic rings. The maximum atomic E-state index is 12.4. The molecule has 1 heterocycles. The van der Waals surface area contributed by atoms with E-state index in [0.29, 0.717) is 26.0 Å². The first kappa shape index (κ1) is 24.0. The number of nitro groups is 2. The zero-order chi connectivity index (χ0) is 24.9. The number of nitrogens with one attached hydrogen (secondary N) is 1. The van der Waals surface area contributed by atoms with Crippen LogP contribution in [0.5, 0.6) is 5.75 Å². The van der Waals surface area contributed by atoms with Crippen LogP contribution in [0.1, 0.15) is 20.8 Å². The molecule has 0 bridgehead atoms. The highest BCUT2D eigenvalue weighted by molar-refractivity contribution is 9.10. The Morgan fingerprint density at radius 3 is 2.40 bits per heavy atom. The van der Waals surface area contributed by atoms with Crippen LogP contribution < -0.4 is 10.2 Å². The van der Waals surface area contributed by atoms with Gasteiger partial charge in [0.05, 0.1) is 25.4 Å². The monoisotopic (exact) mass is 554 g/mol. The Kier molecular flexibility index (Phi) is 7.13. The molecule has 10 nitrogen and oxygen atoms in total. The molecule has 0 fully saturated rings. The molecule has 12 heteroatoms. The lowest BCUT2D eigenvalue weighted by atomic mass is 10.2. The quantitative estimate of drug-likeness (QED) is 0.165. The molecule has 1 N–H and O–H groups in total. The van der Waals surface area contributed by atoms with Crippen LogP contribution >= 0.6 is 27.3 Å². The summed E-state index contributed by atoms with van der Waals surface area (Å²) in [5.41, 5.74) is 3.92. The van der Waals surface area contributed by atoms with Crippen molar-refractivity contribution in [2.75, 3.05) is 0 Å². The molecule has 4 aromatic rings. The van der Waals surface area contributed by atoms with Crippen LogP contribution in [0, 0.1) is 20.2 Å². The van der Waals surface area contributed by atoms with Gasteiger partial charge in [0, 0.05) is 34.4 Å². The van der Waals surface area contributed by atoms with E-state index in [-0.39, 0.29) is 18.0 Å². The minimum absolute atomic E-state index is 0.0157. The smallest absolute Gasteiger partial charge is 0.281 e. The Hall–Kier alpha value is -4.16. The van der Waals surface area contributed by atoms with Gasteiger partial charge in [-0.1, -0.05) is 0 Å². The summed E-state index contributed by atoms with van der Waals surface area (Å²) < 4.78 is 7.19. The SMILES string of the molecule is O=C(N/N=C\c1ccc(OCc2ccc([N+](=O)[O-])cc2)c(Br)c1)c1cc2cc([N+](=O)[O-])ccc2s1. The fourth-order valence-corrected chi connectivity index (χ4v) is 4.51. The molecular formula is C23H15BrN4O6S. The number of hydrogen-bond acceptors (Lipinski definition) is 8. The molecule has 0 unspecified atom stereocenters. The van der Waals surface area contributed by atoms with Crippen LogP contribution in [0.3, 0.4) is 0 Å². The second-order valence-electron chi connectivity index (χ2n) is 7.19. The van der Waals surface area contributed by atoms with Gasteiger partial charge in [-0.25, -0.2) is 5.43 Å². The number of hydrazone groups is 1. The number of carbonyl (C=O) groups excluding carboxylic acids is 1. The van der Waals surface area contributed by atoms with E-state index in [9.17, 15) is 25.0 Å². The normalized spacial score (nSPS) is 11.0. The van der Waals surface area contributed by atoms with Crippen LogP contribution in [0.15, 0.2) is 76.3 Å². The first-order chi connectivity index (χ1) is 16.8. The molecular weight excluding hydrogens is 540 g/mol. The third-order valence-corrected chi connectivity index (χ3v) is 6.55. The lowest BCUT2D eigenvalue weighted by Gasteiger charge is -2.09. The predicted molar refractivity (Wildman–Crippen MR) is 135 cm³/mol. The van der Waals surface area contributed by atoms with Crippen molar-refractivity contribution in [3.8, 4) is 5.75 Å². The number of nitro benzene ring substituents is 2. The molecule has 0 saturated carbocycles. The second-order valence-corrected chi connectivity index (χ2v) is 9.13. The highest BCUT2D eigenvalue weighted by atomic mass is 79.9. The van der Waals surface area contributed by atoms with E-state index >= 15 is 0 Å². The van der Waals surface area contributed by atoms with Crippen molar-refractivity contribution < 1.29 is 19.4 Å². The molecule has 0 radical (unpaired) electrons. The Morgan fingerprint density at radius 1 is 1.00 bits per heavy atom. The summed E-state index contributed by atoms with van der Waals surface area (Å²) in [6, 6.07) is 17.4. The van der Waals surface area contributed by atoms with Crippen LogP contribution in [-0.2, 0) is 6.61 Å². The van der Waals surface area contributed by atoms with E-state index in [1.165, 1.54) is 41.8 Å². The Bertz CT molecular complexity index is 1470. The van der Waals surface area contributed by atoms with Crippen molar-refractivity contribution in [3.63, 3.8) is 0 Å². The zero-order valence-electron chi connectivity index (χ0n) is 17.7. The van der Waals surface area contributed by atoms with Crippen molar-refractivity contribution >= 4 is 60.8 Å². The molecule has 0 aliphatic heterocycles. The molecule has 1 aromatic heterocycles. The summed E-state index contributed by atoms with van der Waals surface area (Å²) in [6.45, 7) is 0.235. The van der Waals surface area contributed by atoms with Crippen molar-refractivity contribution in [2.45, 2.75) is 6.61 Å². The molecule has 0 aliphatic carbocycles. The van der Waals surface area contributed by atoms with Crippen molar-refractivity contribution in [1.82, 2.24) is 5.43 Å². The van der Waals surface area contributed by atoms with Gasteiger partial charge >= 0.3 is 0 Å². The van der Waals surface area contributed by atoms with Gasteiger partial charge in [-0.2, -0.15) is 5.10 Å². The number of nitrogens with zero attached hydrogens (tertiary/aromatic N) is 3. The van der Waals surface area contributed by atoms with Crippen LogP contribution in [0.25, 0.3) is 10.1 Å². The van der Waals surface area contributed by atoms with Crippen molar-refractivity contribution in [1.29, 1.82) is 0 Å². The van der Waals surface area contributed by atoms with E-state index in [1.54, 1.807) is 42.5 Å². The molecule has 4 rings (SSSR count). The lowest BCUT2D eigenvalue weighted by molar-refractivity contribution is -0.385. The summed E-state index contributed by atoms with van der Waals surface area (Å²) in [7, 11) is 0. The van der Waals surface area contributed by atoms with Gasteiger partial charge in [0.15, 0.2) is 0 Å². The maximum absolute atomic E-state index is 12.4. The number of benzene rings is 3. The van der Waals surface area contributed by atoms with Crippen LogP contribution in [0.2, 0.25) is 0 Å². The number of rotatable bonds is 8. The summed E-state index contributed by atoms with van der Waals surface area (Å²) >= 11 is 4.65. The first-order valence-electron chi connectivity index (χ1n) is 9.97. The average molecular weight is 555 g/mol. The highest BCUT2D eigenvalue weighted by Gasteiger charge is 2.13. The van der Waals surface area contributed by atoms with Gasteiger partial charge in [0.1, 0.15) is 12.4 Å². The van der Waals surface area contributed by atoms with E-state index in [0.717, 1.165) is 10.3 Å².